The summed E-state index contributed by atoms with van der Waals surface area (Å²) in [5.74, 6) is 0.564. The molecule has 17 heavy (non-hydrogen) atoms. The molecule has 0 aliphatic rings. The van der Waals surface area contributed by atoms with Crippen molar-refractivity contribution in [3.05, 3.63) is 29.0 Å². The van der Waals surface area contributed by atoms with Gasteiger partial charge in [0.1, 0.15) is 5.78 Å². The number of aromatic nitrogens is 1. The summed E-state index contributed by atoms with van der Waals surface area (Å²) in [6.45, 7) is 4.59. The quantitative estimate of drug-likeness (QED) is 0.849. The minimum Gasteiger partial charge on any atom is -0.330 e. The van der Waals surface area contributed by atoms with Gasteiger partial charge >= 0.3 is 0 Å². The number of Topliss-reactive ketones (excluding diaryl/α,β-unsaturated/α-hetero) is 1. The molecule has 1 atom stereocenters. The first-order valence-corrected chi connectivity index (χ1v) is 6.23. The highest BCUT2D eigenvalue weighted by Gasteiger charge is 2.19. The molecular formula is C13H19ClN2O. The molecule has 0 bridgehead atoms. The van der Waals surface area contributed by atoms with Gasteiger partial charge < -0.3 is 5.73 Å². The topological polar surface area (TPSA) is 56.0 Å². The molecule has 1 aromatic rings. The first kappa shape index (κ1) is 14.1. The fourth-order valence-electron chi connectivity index (χ4n) is 1.81. The fraction of sp³-hybridized carbons (Fsp3) is 0.538. The van der Waals surface area contributed by atoms with Crippen LogP contribution in [0.15, 0.2) is 18.5 Å². The lowest BCUT2D eigenvalue weighted by Gasteiger charge is -2.16. The number of pyridine rings is 1. The maximum Gasteiger partial charge on any atom is 0.141 e. The van der Waals surface area contributed by atoms with Crippen LogP contribution in [0.25, 0.3) is 0 Å². The van der Waals surface area contributed by atoms with E-state index in [2.05, 4.69) is 18.8 Å². The maximum atomic E-state index is 12.1. The molecule has 0 aromatic carbocycles. The van der Waals surface area contributed by atoms with Crippen LogP contribution in [0.2, 0.25) is 5.02 Å². The molecule has 4 heteroatoms. The Balaban J connectivity index is 2.67. The number of hydrogen-bond acceptors (Lipinski definition) is 3. The summed E-state index contributed by atoms with van der Waals surface area (Å²) in [7, 11) is 0. The molecule has 0 spiro atoms. The van der Waals surface area contributed by atoms with Crippen LogP contribution < -0.4 is 5.73 Å². The van der Waals surface area contributed by atoms with Crippen molar-refractivity contribution in [1.29, 1.82) is 0 Å². The van der Waals surface area contributed by atoms with Gasteiger partial charge in [-0.3, -0.25) is 9.78 Å². The normalized spacial score (nSPS) is 12.8. The molecule has 1 aromatic heterocycles. The molecule has 0 radical (unpaired) electrons. The van der Waals surface area contributed by atoms with E-state index in [1.54, 1.807) is 18.5 Å². The SMILES string of the molecule is CC(C)CC(CN)C(=O)Cc1ccncc1Cl. The van der Waals surface area contributed by atoms with Gasteiger partial charge in [-0.2, -0.15) is 0 Å². The van der Waals surface area contributed by atoms with E-state index in [0.29, 0.717) is 23.9 Å². The van der Waals surface area contributed by atoms with Crippen LogP contribution in [0, 0.1) is 11.8 Å². The molecule has 0 fully saturated rings. The van der Waals surface area contributed by atoms with Crippen LogP contribution in [0.3, 0.4) is 0 Å². The van der Waals surface area contributed by atoms with Crippen molar-refractivity contribution < 1.29 is 4.79 Å². The average molecular weight is 255 g/mol. The second kappa shape index (κ2) is 6.72. The fourth-order valence-corrected chi connectivity index (χ4v) is 1.99. The number of nitrogens with two attached hydrogens (primary N) is 1. The lowest BCUT2D eigenvalue weighted by Crippen LogP contribution is -2.26. The monoisotopic (exact) mass is 254 g/mol. The van der Waals surface area contributed by atoms with E-state index in [1.807, 2.05) is 0 Å². The van der Waals surface area contributed by atoms with Crippen molar-refractivity contribution in [2.75, 3.05) is 6.54 Å². The smallest absolute Gasteiger partial charge is 0.141 e. The Morgan fingerprint density at radius 3 is 2.76 bits per heavy atom. The summed E-state index contributed by atoms with van der Waals surface area (Å²) < 4.78 is 0. The molecule has 0 saturated carbocycles. The van der Waals surface area contributed by atoms with Crippen LogP contribution in [0.5, 0.6) is 0 Å². The number of carbonyl (C=O) groups excluding carboxylic acids is 1. The van der Waals surface area contributed by atoms with Crippen LogP contribution in [0.4, 0.5) is 0 Å². The first-order valence-electron chi connectivity index (χ1n) is 5.85. The van der Waals surface area contributed by atoms with Gasteiger partial charge in [-0.1, -0.05) is 25.4 Å². The van der Waals surface area contributed by atoms with Crippen molar-refractivity contribution in [3.63, 3.8) is 0 Å². The summed E-state index contributed by atoms with van der Waals surface area (Å²) in [6, 6.07) is 1.78. The third-order valence-electron chi connectivity index (χ3n) is 2.72. The number of carbonyl (C=O) groups is 1. The number of halogens is 1. The number of ketones is 1. The van der Waals surface area contributed by atoms with Gasteiger partial charge in [0, 0.05) is 31.3 Å². The lowest BCUT2D eigenvalue weighted by atomic mass is 9.90. The Hall–Kier alpha value is -0.930. The van der Waals surface area contributed by atoms with E-state index in [4.69, 9.17) is 17.3 Å². The predicted octanol–water partition coefficient (Wildman–Crippen LogP) is 2.47. The minimum absolute atomic E-state index is 0.0702. The zero-order valence-corrected chi connectivity index (χ0v) is 11.1. The van der Waals surface area contributed by atoms with E-state index >= 15 is 0 Å². The maximum absolute atomic E-state index is 12.1. The van der Waals surface area contributed by atoms with Crippen LogP contribution in [0.1, 0.15) is 25.8 Å². The Morgan fingerprint density at radius 2 is 2.24 bits per heavy atom. The Labute approximate surface area is 107 Å². The van der Waals surface area contributed by atoms with Crippen molar-refractivity contribution >= 4 is 17.4 Å². The summed E-state index contributed by atoms with van der Waals surface area (Å²) >= 11 is 5.98. The van der Waals surface area contributed by atoms with Crippen LogP contribution in [-0.2, 0) is 11.2 Å². The molecule has 94 valence electrons. The van der Waals surface area contributed by atoms with Crippen molar-refractivity contribution in [1.82, 2.24) is 4.98 Å². The number of rotatable bonds is 6. The summed E-state index contributed by atoms with van der Waals surface area (Å²) in [4.78, 5) is 16.0. The van der Waals surface area contributed by atoms with Gasteiger partial charge in [0.15, 0.2) is 0 Å². The molecule has 3 nitrogen and oxygen atoms in total. The predicted molar refractivity (Wildman–Crippen MR) is 70.0 cm³/mol. The summed E-state index contributed by atoms with van der Waals surface area (Å²) in [6.07, 6.45) is 4.38. The van der Waals surface area contributed by atoms with Crippen molar-refractivity contribution in [2.45, 2.75) is 26.7 Å². The van der Waals surface area contributed by atoms with E-state index < -0.39 is 0 Å². The van der Waals surface area contributed by atoms with Crippen molar-refractivity contribution in [2.24, 2.45) is 17.6 Å². The standard InChI is InChI=1S/C13H19ClN2O/c1-9(2)5-11(7-15)13(17)6-10-3-4-16-8-12(10)14/h3-4,8-9,11H,5-7,15H2,1-2H3. The van der Waals surface area contributed by atoms with Gasteiger partial charge in [-0.25, -0.2) is 0 Å². The number of hydrogen-bond donors (Lipinski definition) is 1. The average Bonchev–Trinajstić information content (AvgIpc) is 2.28. The highest BCUT2D eigenvalue weighted by molar-refractivity contribution is 6.31. The zero-order valence-electron chi connectivity index (χ0n) is 10.3. The van der Waals surface area contributed by atoms with Crippen LogP contribution in [-0.4, -0.2) is 17.3 Å². The second-order valence-electron chi connectivity index (χ2n) is 4.67. The Morgan fingerprint density at radius 1 is 1.53 bits per heavy atom. The Bertz CT molecular complexity index is 379. The zero-order chi connectivity index (χ0) is 12.8. The van der Waals surface area contributed by atoms with Gasteiger partial charge in [0.2, 0.25) is 0 Å². The second-order valence-corrected chi connectivity index (χ2v) is 5.08. The largest absolute Gasteiger partial charge is 0.330 e. The highest BCUT2D eigenvalue weighted by atomic mass is 35.5. The molecule has 2 N–H and O–H groups in total. The Kier molecular flexibility index (Phi) is 5.59. The van der Waals surface area contributed by atoms with E-state index in [-0.39, 0.29) is 11.7 Å². The van der Waals surface area contributed by atoms with Crippen molar-refractivity contribution in [3.8, 4) is 0 Å². The molecular weight excluding hydrogens is 236 g/mol. The van der Waals surface area contributed by atoms with E-state index in [0.717, 1.165) is 12.0 Å². The molecule has 0 aliphatic heterocycles. The first-order chi connectivity index (χ1) is 8.04. The van der Waals surface area contributed by atoms with Gasteiger partial charge in [0.05, 0.1) is 5.02 Å². The van der Waals surface area contributed by atoms with Gasteiger partial charge in [0.25, 0.3) is 0 Å². The molecule has 1 unspecified atom stereocenters. The van der Waals surface area contributed by atoms with Gasteiger partial charge in [-0.15, -0.1) is 0 Å². The molecule has 1 heterocycles. The van der Waals surface area contributed by atoms with E-state index in [1.165, 1.54) is 0 Å². The summed E-state index contributed by atoms with van der Waals surface area (Å²) in [5, 5.41) is 0.543. The molecule has 1 rings (SSSR count). The van der Waals surface area contributed by atoms with Crippen LogP contribution >= 0.6 is 11.6 Å². The highest BCUT2D eigenvalue weighted by Crippen LogP contribution is 2.18. The third-order valence-corrected chi connectivity index (χ3v) is 3.06. The third kappa shape index (κ3) is 4.44. The molecule has 0 saturated heterocycles. The lowest BCUT2D eigenvalue weighted by molar-refractivity contribution is -0.122. The van der Waals surface area contributed by atoms with E-state index in [9.17, 15) is 4.79 Å². The summed E-state index contributed by atoms with van der Waals surface area (Å²) in [5.41, 5.74) is 6.48. The van der Waals surface area contributed by atoms with Gasteiger partial charge in [-0.05, 0) is 24.0 Å². The minimum atomic E-state index is -0.0702. The number of nitrogens with zero attached hydrogens (tertiary/aromatic N) is 1. The molecule has 0 amide bonds. The molecule has 0 aliphatic carbocycles.